The highest BCUT2D eigenvalue weighted by Crippen LogP contribution is 2.20. The second kappa shape index (κ2) is 5.10. The molecule has 1 N–H and O–H groups in total. The fourth-order valence-corrected chi connectivity index (χ4v) is 2.60. The van der Waals surface area contributed by atoms with Crippen LogP contribution in [0.5, 0.6) is 0 Å². The molecule has 2 aliphatic heterocycles. The van der Waals surface area contributed by atoms with Crippen molar-refractivity contribution in [1.82, 2.24) is 10.2 Å². The van der Waals surface area contributed by atoms with Crippen molar-refractivity contribution in [1.29, 1.82) is 0 Å². The van der Waals surface area contributed by atoms with Crippen LogP contribution in [0.3, 0.4) is 0 Å². The maximum absolute atomic E-state index is 5.73. The zero-order chi connectivity index (χ0) is 9.80. The van der Waals surface area contributed by atoms with Gasteiger partial charge in [-0.3, -0.25) is 4.90 Å². The highest BCUT2D eigenvalue weighted by Gasteiger charge is 2.26. The standard InChI is InChI=1S/C11H22N2O/c1-2-10-4-3-6-13(10)9-11-8-12-5-7-14-11/h10-12H,2-9H2,1H3. The third kappa shape index (κ3) is 2.47. The lowest BCUT2D eigenvalue weighted by molar-refractivity contribution is 0.00292. The van der Waals surface area contributed by atoms with E-state index in [-0.39, 0.29) is 0 Å². The number of hydrogen-bond donors (Lipinski definition) is 1. The van der Waals surface area contributed by atoms with Crippen molar-refractivity contribution in [3.63, 3.8) is 0 Å². The van der Waals surface area contributed by atoms with Crippen molar-refractivity contribution >= 4 is 0 Å². The summed E-state index contributed by atoms with van der Waals surface area (Å²) in [5.74, 6) is 0. The summed E-state index contributed by atoms with van der Waals surface area (Å²) in [6.07, 6.45) is 4.48. The van der Waals surface area contributed by atoms with Gasteiger partial charge in [0.1, 0.15) is 0 Å². The third-order valence-electron chi connectivity index (χ3n) is 3.41. The predicted molar refractivity (Wildman–Crippen MR) is 57.5 cm³/mol. The summed E-state index contributed by atoms with van der Waals surface area (Å²) < 4.78 is 5.73. The van der Waals surface area contributed by atoms with E-state index in [0.717, 1.165) is 32.3 Å². The molecule has 3 nitrogen and oxygen atoms in total. The second-order valence-corrected chi connectivity index (χ2v) is 4.40. The largest absolute Gasteiger partial charge is 0.374 e. The van der Waals surface area contributed by atoms with Crippen LogP contribution >= 0.6 is 0 Å². The summed E-state index contributed by atoms with van der Waals surface area (Å²) >= 11 is 0. The first-order chi connectivity index (χ1) is 6.90. The van der Waals surface area contributed by atoms with Crippen LogP contribution in [-0.2, 0) is 4.74 Å². The summed E-state index contributed by atoms with van der Waals surface area (Å²) in [7, 11) is 0. The molecule has 2 rings (SSSR count). The molecule has 0 aromatic carbocycles. The Balaban J connectivity index is 1.77. The third-order valence-corrected chi connectivity index (χ3v) is 3.41. The fraction of sp³-hybridized carbons (Fsp3) is 1.00. The van der Waals surface area contributed by atoms with E-state index in [2.05, 4.69) is 17.1 Å². The molecule has 0 amide bonds. The van der Waals surface area contributed by atoms with Crippen molar-refractivity contribution in [2.45, 2.75) is 38.3 Å². The van der Waals surface area contributed by atoms with Gasteiger partial charge in [0.2, 0.25) is 0 Å². The van der Waals surface area contributed by atoms with Crippen LogP contribution in [0.15, 0.2) is 0 Å². The van der Waals surface area contributed by atoms with Gasteiger partial charge in [-0.25, -0.2) is 0 Å². The van der Waals surface area contributed by atoms with Crippen molar-refractivity contribution in [2.75, 3.05) is 32.8 Å². The van der Waals surface area contributed by atoms with Crippen LogP contribution in [0.25, 0.3) is 0 Å². The number of morpholine rings is 1. The molecule has 2 unspecified atom stereocenters. The molecule has 2 fully saturated rings. The molecule has 0 aromatic heterocycles. The van der Waals surface area contributed by atoms with E-state index < -0.39 is 0 Å². The van der Waals surface area contributed by atoms with Gasteiger partial charge in [-0.15, -0.1) is 0 Å². The van der Waals surface area contributed by atoms with Crippen molar-refractivity contribution in [3.8, 4) is 0 Å². The maximum Gasteiger partial charge on any atom is 0.0826 e. The van der Waals surface area contributed by atoms with Gasteiger partial charge in [-0.2, -0.15) is 0 Å². The summed E-state index contributed by atoms with van der Waals surface area (Å²) in [6.45, 7) is 7.64. The SMILES string of the molecule is CCC1CCCN1CC1CNCCO1. The van der Waals surface area contributed by atoms with E-state index in [1.165, 1.54) is 25.8 Å². The van der Waals surface area contributed by atoms with E-state index >= 15 is 0 Å². The second-order valence-electron chi connectivity index (χ2n) is 4.40. The maximum atomic E-state index is 5.73. The Morgan fingerprint density at radius 2 is 2.43 bits per heavy atom. The molecule has 0 aromatic rings. The lowest BCUT2D eigenvalue weighted by Gasteiger charge is -2.30. The van der Waals surface area contributed by atoms with Gasteiger partial charge in [0.25, 0.3) is 0 Å². The predicted octanol–water partition coefficient (Wildman–Crippen LogP) is 0.849. The van der Waals surface area contributed by atoms with E-state index in [4.69, 9.17) is 4.74 Å². The first-order valence-corrected chi connectivity index (χ1v) is 5.96. The van der Waals surface area contributed by atoms with Crippen LogP contribution in [0, 0.1) is 0 Å². The quantitative estimate of drug-likeness (QED) is 0.727. The molecule has 0 aliphatic carbocycles. The van der Waals surface area contributed by atoms with Crippen LogP contribution in [-0.4, -0.2) is 49.8 Å². The number of rotatable bonds is 3. The Morgan fingerprint density at radius 3 is 3.14 bits per heavy atom. The molecule has 3 heteroatoms. The van der Waals surface area contributed by atoms with Crippen LogP contribution < -0.4 is 5.32 Å². The Kier molecular flexibility index (Phi) is 3.79. The van der Waals surface area contributed by atoms with Gasteiger partial charge in [0.05, 0.1) is 12.7 Å². The molecule has 2 heterocycles. The lowest BCUT2D eigenvalue weighted by Crippen LogP contribution is -2.46. The summed E-state index contributed by atoms with van der Waals surface area (Å²) in [4.78, 5) is 2.61. The topological polar surface area (TPSA) is 24.5 Å². The van der Waals surface area contributed by atoms with Gasteiger partial charge in [-0.05, 0) is 25.8 Å². The minimum Gasteiger partial charge on any atom is -0.374 e. The molecule has 82 valence electrons. The van der Waals surface area contributed by atoms with Crippen molar-refractivity contribution in [3.05, 3.63) is 0 Å². The van der Waals surface area contributed by atoms with Crippen molar-refractivity contribution < 1.29 is 4.74 Å². The Hall–Kier alpha value is -0.120. The molecule has 2 aliphatic rings. The number of ether oxygens (including phenoxy) is 1. The Morgan fingerprint density at radius 1 is 1.50 bits per heavy atom. The molecule has 0 saturated carbocycles. The Labute approximate surface area is 86.8 Å². The minimum absolute atomic E-state index is 0.427. The lowest BCUT2D eigenvalue weighted by atomic mass is 10.1. The van der Waals surface area contributed by atoms with Crippen LogP contribution in [0.1, 0.15) is 26.2 Å². The first-order valence-electron chi connectivity index (χ1n) is 5.96. The fourth-order valence-electron chi connectivity index (χ4n) is 2.60. The van der Waals surface area contributed by atoms with E-state index in [0.29, 0.717) is 6.10 Å². The van der Waals surface area contributed by atoms with E-state index in [9.17, 15) is 0 Å². The summed E-state index contributed by atoms with van der Waals surface area (Å²) in [5, 5.41) is 3.39. The van der Waals surface area contributed by atoms with Gasteiger partial charge in [0, 0.05) is 25.7 Å². The Bertz CT molecular complexity index is 169. The minimum atomic E-state index is 0.427. The average molecular weight is 198 g/mol. The number of nitrogens with zero attached hydrogens (tertiary/aromatic N) is 1. The highest BCUT2D eigenvalue weighted by molar-refractivity contribution is 4.81. The van der Waals surface area contributed by atoms with Gasteiger partial charge in [0.15, 0.2) is 0 Å². The highest BCUT2D eigenvalue weighted by atomic mass is 16.5. The van der Waals surface area contributed by atoms with Gasteiger partial charge in [-0.1, -0.05) is 6.92 Å². The van der Waals surface area contributed by atoms with Crippen LogP contribution in [0.2, 0.25) is 0 Å². The first kappa shape index (κ1) is 10.4. The molecule has 0 spiro atoms. The molecular formula is C11H22N2O. The average Bonchev–Trinajstić information content (AvgIpc) is 2.67. The van der Waals surface area contributed by atoms with Crippen molar-refractivity contribution in [2.24, 2.45) is 0 Å². The smallest absolute Gasteiger partial charge is 0.0826 e. The number of likely N-dealkylation sites (tertiary alicyclic amines) is 1. The summed E-state index contributed by atoms with van der Waals surface area (Å²) in [5.41, 5.74) is 0. The zero-order valence-corrected chi connectivity index (χ0v) is 9.17. The summed E-state index contributed by atoms with van der Waals surface area (Å²) in [6, 6.07) is 0.820. The number of hydrogen-bond acceptors (Lipinski definition) is 3. The van der Waals surface area contributed by atoms with E-state index in [1.807, 2.05) is 0 Å². The monoisotopic (exact) mass is 198 g/mol. The van der Waals surface area contributed by atoms with Gasteiger partial charge >= 0.3 is 0 Å². The van der Waals surface area contributed by atoms with E-state index in [1.54, 1.807) is 0 Å². The number of nitrogens with one attached hydrogen (secondary N) is 1. The zero-order valence-electron chi connectivity index (χ0n) is 9.17. The molecule has 2 saturated heterocycles. The molecule has 2 atom stereocenters. The molecule has 14 heavy (non-hydrogen) atoms. The molecular weight excluding hydrogens is 176 g/mol. The van der Waals surface area contributed by atoms with Gasteiger partial charge < -0.3 is 10.1 Å². The van der Waals surface area contributed by atoms with Crippen LogP contribution in [0.4, 0.5) is 0 Å². The molecule has 0 bridgehead atoms. The molecule has 0 radical (unpaired) electrons. The normalized spacial score (nSPS) is 34.9.